The topological polar surface area (TPSA) is 27.0 Å². The molecular formula is C12H12F2N2. The SMILES string of the molecule is N#Cc1ccccc1N1CCC(F)(F)CC1. The Labute approximate surface area is 93.1 Å². The van der Waals surface area contributed by atoms with Crippen molar-refractivity contribution in [3.05, 3.63) is 29.8 Å². The van der Waals surface area contributed by atoms with Gasteiger partial charge in [-0.25, -0.2) is 8.78 Å². The first kappa shape index (κ1) is 10.9. The molecule has 0 atom stereocenters. The lowest BCUT2D eigenvalue weighted by Crippen LogP contribution is -2.39. The van der Waals surface area contributed by atoms with Gasteiger partial charge in [-0.1, -0.05) is 12.1 Å². The minimum Gasteiger partial charge on any atom is -0.370 e. The van der Waals surface area contributed by atoms with Crippen molar-refractivity contribution in [2.75, 3.05) is 18.0 Å². The van der Waals surface area contributed by atoms with Crippen LogP contribution in [0, 0.1) is 11.3 Å². The Bertz CT molecular complexity index is 413. The summed E-state index contributed by atoms with van der Waals surface area (Å²) in [6.45, 7) is 0.622. The van der Waals surface area contributed by atoms with Crippen molar-refractivity contribution in [3.63, 3.8) is 0 Å². The standard InChI is InChI=1S/C12H12F2N2/c13-12(14)5-7-16(8-6-12)11-4-2-1-3-10(11)9-15/h1-4H,5-8H2. The van der Waals surface area contributed by atoms with E-state index in [0.29, 0.717) is 18.7 Å². The van der Waals surface area contributed by atoms with Gasteiger partial charge in [0, 0.05) is 25.9 Å². The van der Waals surface area contributed by atoms with E-state index in [9.17, 15) is 8.78 Å². The lowest BCUT2D eigenvalue weighted by Gasteiger charge is -2.33. The number of hydrogen-bond acceptors (Lipinski definition) is 2. The molecule has 0 saturated carbocycles. The zero-order valence-electron chi connectivity index (χ0n) is 8.79. The highest BCUT2D eigenvalue weighted by Crippen LogP contribution is 2.31. The van der Waals surface area contributed by atoms with Crippen LogP contribution in [0.1, 0.15) is 18.4 Å². The molecule has 4 heteroatoms. The molecule has 2 rings (SSSR count). The molecule has 1 heterocycles. The van der Waals surface area contributed by atoms with Crippen molar-refractivity contribution in [1.82, 2.24) is 0 Å². The summed E-state index contributed by atoms with van der Waals surface area (Å²) in [6, 6.07) is 9.20. The Hall–Kier alpha value is -1.63. The number of hydrogen-bond donors (Lipinski definition) is 0. The van der Waals surface area contributed by atoms with Gasteiger partial charge in [0.15, 0.2) is 0 Å². The summed E-state index contributed by atoms with van der Waals surface area (Å²) in [7, 11) is 0. The minimum absolute atomic E-state index is 0.132. The molecule has 0 bridgehead atoms. The van der Waals surface area contributed by atoms with Crippen LogP contribution in [0.3, 0.4) is 0 Å². The summed E-state index contributed by atoms with van der Waals surface area (Å²) < 4.78 is 26.0. The Morgan fingerprint density at radius 3 is 2.44 bits per heavy atom. The second kappa shape index (κ2) is 4.09. The van der Waals surface area contributed by atoms with Gasteiger partial charge in [0.1, 0.15) is 6.07 Å². The van der Waals surface area contributed by atoms with E-state index in [2.05, 4.69) is 6.07 Å². The minimum atomic E-state index is -2.54. The number of para-hydroxylation sites is 1. The van der Waals surface area contributed by atoms with Crippen molar-refractivity contribution in [3.8, 4) is 6.07 Å². The molecule has 84 valence electrons. The van der Waals surface area contributed by atoms with Gasteiger partial charge in [0.05, 0.1) is 11.3 Å². The van der Waals surface area contributed by atoms with Crippen LogP contribution in [-0.4, -0.2) is 19.0 Å². The zero-order chi connectivity index (χ0) is 11.6. The largest absolute Gasteiger partial charge is 0.370 e. The van der Waals surface area contributed by atoms with Crippen molar-refractivity contribution in [2.45, 2.75) is 18.8 Å². The molecular weight excluding hydrogens is 210 g/mol. The monoisotopic (exact) mass is 222 g/mol. The van der Waals surface area contributed by atoms with Gasteiger partial charge in [-0.2, -0.15) is 5.26 Å². The number of anilines is 1. The van der Waals surface area contributed by atoms with Gasteiger partial charge in [-0.3, -0.25) is 0 Å². The van der Waals surface area contributed by atoms with Gasteiger partial charge in [-0.15, -0.1) is 0 Å². The summed E-state index contributed by atoms with van der Waals surface area (Å²) in [6.07, 6.45) is -0.264. The first-order valence-corrected chi connectivity index (χ1v) is 5.24. The highest BCUT2D eigenvalue weighted by Gasteiger charge is 2.34. The Morgan fingerprint density at radius 2 is 1.81 bits per heavy atom. The van der Waals surface area contributed by atoms with Crippen LogP contribution < -0.4 is 4.90 Å². The van der Waals surface area contributed by atoms with E-state index in [-0.39, 0.29) is 12.8 Å². The number of nitrogens with zero attached hydrogens (tertiary/aromatic N) is 2. The van der Waals surface area contributed by atoms with Gasteiger partial charge >= 0.3 is 0 Å². The molecule has 1 aromatic rings. The fourth-order valence-electron chi connectivity index (χ4n) is 1.92. The zero-order valence-corrected chi connectivity index (χ0v) is 8.79. The van der Waals surface area contributed by atoms with Crippen LogP contribution in [-0.2, 0) is 0 Å². The fourth-order valence-corrected chi connectivity index (χ4v) is 1.92. The van der Waals surface area contributed by atoms with Gasteiger partial charge in [-0.05, 0) is 12.1 Å². The lowest BCUT2D eigenvalue weighted by molar-refractivity contribution is -0.0220. The van der Waals surface area contributed by atoms with E-state index in [1.807, 2.05) is 17.0 Å². The molecule has 1 saturated heterocycles. The molecule has 0 amide bonds. The molecule has 0 spiro atoms. The summed E-state index contributed by atoms with van der Waals surface area (Å²) in [5.74, 6) is -2.54. The highest BCUT2D eigenvalue weighted by molar-refractivity contribution is 5.59. The fraction of sp³-hybridized carbons (Fsp3) is 0.417. The second-order valence-corrected chi connectivity index (χ2v) is 3.97. The number of alkyl halides is 2. The average Bonchev–Trinajstić information content (AvgIpc) is 2.29. The van der Waals surface area contributed by atoms with Crippen molar-refractivity contribution in [1.29, 1.82) is 5.26 Å². The third-order valence-corrected chi connectivity index (χ3v) is 2.86. The maximum absolute atomic E-state index is 13.0. The van der Waals surface area contributed by atoms with Crippen molar-refractivity contribution < 1.29 is 8.78 Å². The van der Waals surface area contributed by atoms with Crippen molar-refractivity contribution in [2.24, 2.45) is 0 Å². The van der Waals surface area contributed by atoms with Crippen molar-refractivity contribution >= 4 is 5.69 Å². The Balaban J connectivity index is 2.18. The smallest absolute Gasteiger partial charge is 0.251 e. The highest BCUT2D eigenvalue weighted by atomic mass is 19.3. The number of halogens is 2. The Morgan fingerprint density at radius 1 is 1.19 bits per heavy atom. The summed E-state index contributed by atoms with van der Waals surface area (Å²) in [4.78, 5) is 1.86. The normalized spacial score (nSPS) is 19.2. The predicted octanol–water partition coefficient (Wildman–Crippen LogP) is 2.79. The molecule has 0 unspecified atom stereocenters. The second-order valence-electron chi connectivity index (χ2n) is 3.97. The lowest BCUT2D eigenvalue weighted by atomic mass is 10.0. The number of rotatable bonds is 1. The van der Waals surface area contributed by atoms with Crippen LogP contribution >= 0.6 is 0 Å². The van der Waals surface area contributed by atoms with Crippen LogP contribution in [0.5, 0.6) is 0 Å². The summed E-state index contributed by atoms with van der Waals surface area (Å²) in [5, 5.41) is 8.93. The van der Waals surface area contributed by atoms with E-state index in [4.69, 9.17) is 5.26 Å². The quantitative estimate of drug-likeness (QED) is 0.730. The molecule has 0 radical (unpaired) electrons. The predicted molar refractivity (Wildman–Crippen MR) is 57.6 cm³/mol. The molecule has 1 aliphatic rings. The van der Waals surface area contributed by atoms with Crippen LogP contribution in [0.4, 0.5) is 14.5 Å². The molecule has 0 N–H and O–H groups in total. The molecule has 1 fully saturated rings. The number of nitriles is 1. The third kappa shape index (κ3) is 2.13. The van der Waals surface area contributed by atoms with E-state index >= 15 is 0 Å². The molecule has 0 aliphatic carbocycles. The average molecular weight is 222 g/mol. The molecule has 1 aromatic carbocycles. The van der Waals surface area contributed by atoms with Gasteiger partial charge in [0.2, 0.25) is 0 Å². The summed E-state index contributed by atoms with van der Waals surface area (Å²) >= 11 is 0. The maximum Gasteiger partial charge on any atom is 0.251 e. The Kier molecular flexibility index (Phi) is 2.78. The van der Waals surface area contributed by atoms with Crippen LogP contribution in [0.2, 0.25) is 0 Å². The molecule has 1 aliphatic heterocycles. The number of benzene rings is 1. The van der Waals surface area contributed by atoms with Gasteiger partial charge in [0.25, 0.3) is 5.92 Å². The van der Waals surface area contributed by atoms with E-state index in [1.165, 1.54) is 0 Å². The third-order valence-electron chi connectivity index (χ3n) is 2.86. The summed E-state index contributed by atoms with van der Waals surface area (Å²) in [5.41, 5.74) is 1.31. The number of piperidine rings is 1. The molecule has 0 aromatic heterocycles. The van der Waals surface area contributed by atoms with Crippen LogP contribution in [0.25, 0.3) is 0 Å². The molecule has 16 heavy (non-hydrogen) atoms. The van der Waals surface area contributed by atoms with E-state index < -0.39 is 5.92 Å². The molecule has 2 nitrogen and oxygen atoms in total. The van der Waals surface area contributed by atoms with E-state index in [1.54, 1.807) is 12.1 Å². The maximum atomic E-state index is 13.0. The van der Waals surface area contributed by atoms with E-state index in [0.717, 1.165) is 5.69 Å². The van der Waals surface area contributed by atoms with Crippen LogP contribution in [0.15, 0.2) is 24.3 Å². The first-order chi connectivity index (χ1) is 7.62. The first-order valence-electron chi connectivity index (χ1n) is 5.24. The van der Waals surface area contributed by atoms with Gasteiger partial charge < -0.3 is 4.90 Å².